The van der Waals surface area contributed by atoms with Crippen molar-refractivity contribution in [2.45, 2.75) is 19.3 Å². The van der Waals surface area contributed by atoms with Crippen LogP contribution in [-0.4, -0.2) is 23.4 Å². The molecular formula is C25H21N3O5. The van der Waals surface area contributed by atoms with E-state index in [2.05, 4.69) is 5.32 Å². The first-order chi connectivity index (χ1) is 15.9. The fourth-order valence-electron chi connectivity index (χ4n) is 3.30. The molecule has 0 spiro atoms. The zero-order valence-corrected chi connectivity index (χ0v) is 17.9. The Bertz CT molecular complexity index is 1200. The van der Waals surface area contributed by atoms with Gasteiger partial charge in [-0.2, -0.15) is 5.26 Å². The standard InChI is InChI=1S/C25H21N3O5/c1-2-33-25(30)19-11-7-17(8-12-19)15-18-9-13-20(14-10-18)27-24(29)22(16-26)21-5-3-4-6-23(21)28(31)32/h3-14,22H,2,15H2,1H3,(H,27,29). The van der Waals surface area contributed by atoms with Gasteiger partial charge in [-0.1, -0.05) is 42.5 Å². The van der Waals surface area contributed by atoms with Gasteiger partial charge in [0.1, 0.15) is 0 Å². The highest BCUT2D eigenvalue weighted by molar-refractivity contribution is 5.98. The van der Waals surface area contributed by atoms with E-state index < -0.39 is 16.7 Å². The maximum atomic E-state index is 12.6. The van der Waals surface area contributed by atoms with Crippen LogP contribution < -0.4 is 5.32 Å². The minimum atomic E-state index is -1.32. The topological polar surface area (TPSA) is 122 Å². The van der Waals surface area contributed by atoms with E-state index in [1.54, 1.807) is 37.3 Å². The summed E-state index contributed by atoms with van der Waals surface area (Å²) < 4.78 is 4.98. The first kappa shape index (κ1) is 23.2. The van der Waals surface area contributed by atoms with E-state index in [4.69, 9.17) is 4.74 Å². The predicted octanol–water partition coefficient (Wildman–Crippen LogP) is 4.61. The lowest BCUT2D eigenvalue weighted by molar-refractivity contribution is -0.385. The van der Waals surface area contributed by atoms with E-state index in [1.807, 2.05) is 30.3 Å². The SMILES string of the molecule is CCOC(=O)c1ccc(Cc2ccc(NC(=O)C(C#N)c3ccccc3[N+](=O)[O-])cc2)cc1. The van der Waals surface area contributed by atoms with Crippen molar-refractivity contribution < 1.29 is 19.2 Å². The summed E-state index contributed by atoms with van der Waals surface area (Å²) in [7, 11) is 0. The van der Waals surface area contributed by atoms with Crippen molar-refractivity contribution in [1.82, 2.24) is 0 Å². The molecule has 0 fully saturated rings. The fraction of sp³-hybridized carbons (Fsp3) is 0.160. The second kappa shape index (κ2) is 10.7. The Morgan fingerprint density at radius 2 is 1.64 bits per heavy atom. The molecular weight excluding hydrogens is 422 g/mol. The molecule has 0 heterocycles. The minimum absolute atomic E-state index is 0.0467. The van der Waals surface area contributed by atoms with Crippen molar-refractivity contribution in [2.24, 2.45) is 0 Å². The van der Waals surface area contributed by atoms with Crippen LogP contribution in [0.5, 0.6) is 0 Å². The highest BCUT2D eigenvalue weighted by Crippen LogP contribution is 2.27. The van der Waals surface area contributed by atoms with Crippen LogP contribution in [0.4, 0.5) is 11.4 Å². The summed E-state index contributed by atoms with van der Waals surface area (Å²) in [6.45, 7) is 2.07. The Labute approximate surface area is 190 Å². The Morgan fingerprint density at radius 3 is 2.21 bits per heavy atom. The van der Waals surface area contributed by atoms with Crippen LogP contribution in [-0.2, 0) is 16.0 Å². The van der Waals surface area contributed by atoms with Crippen LogP contribution in [0.1, 0.15) is 39.9 Å². The number of ether oxygens (including phenoxy) is 1. The van der Waals surface area contributed by atoms with Crippen LogP contribution in [0, 0.1) is 21.4 Å². The molecule has 0 aliphatic rings. The lowest BCUT2D eigenvalue weighted by atomic mass is 9.97. The number of hydrogen-bond donors (Lipinski definition) is 1. The summed E-state index contributed by atoms with van der Waals surface area (Å²) in [5.41, 5.74) is 2.71. The number of hydrogen-bond acceptors (Lipinski definition) is 6. The number of rotatable bonds is 8. The third kappa shape index (κ3) is 5.80. The highest BCUT2D eigenvalue weighted by atomic mass is 16.6. The summed E-state index contributed by atoms with van der Waals surface area (Å²) in [6, 6.07) is 21.8. The van der Waals surface area contributed by atoms with Gasteiger partial charge < -0.3 is 10.1 Å². The molecule has 166 valence electrons. The van der Waals surface area contributed by atoms with E-state index in [0.29, 0.717) is 24.3 Å². The molecule has 0 saturated carbocycles. The molecule has 3 aromatic carbocycles. The molecule has 33 heavy (non-hydrogen) atoms. The number of nitrogens with one attached hydrogen (secondary N) is 1. The van der Waals surface area contributed by atoms with E-state index in [0.717, 1.165) is 11.1 Å². The number of nitriles is 1. The number of para-hydroxylation sites is 1. The van der Waals surface area contributed by atoms with Crippen molar-refractivity contribution in [1.29, 1.82) is 5.26 Å². The van der Waals surface area contributed by atoms with Gasteiger partial charge in [0.15, 0.2) is 5.92 Å². The second-order valence-corrected chi connectivity index (χ2v) is 7.16. The Balaban J connectivity index is 1.67. The van der Waals surface area contributed by atoms with Gasteiger partial charge in [-0.25, -0.2) is 4.79 Å². The number of nitrogens with zero attached hydrogens (tertiary/aromatic N) is 2. The first-order valence-corrected chi connectivity index (χ1v) is 10.2. The number of esters is 1. The average molecular weight is 443 g/mol. The second-order valence-electron chi connectivity index (χ2n) is 7.16. The van der Waals surface area contributed by atoms with E-state index in [1.165, 1.54) is 18.2 Å². The lowest BCUT2D eigenvalue weighted by Crippen LogP contribution is -2.20. The van der Waals surface area contributed by atoms with Crippen molar-refractivity contribution >= 4 is 23.3 Å². The molecule has 1 amide bonds. The largest absolute Gasteiger partial charge is 0.462 e. The van der Waals surface area contributed by atoms with Crippen LogP contribution in [0.25, 0.3) is 0 Å². The summed E-state index contributed by atoms with van der Waals surface area (Å²) in [5.74, 6) is -2.32. The number of nitro groups is 1. The van der Waals surface area contributed by atoms with Crippen molar-refractivity contribution in [2.75, 3.05) is 11.9 Å². The molecule has 0 aromatic heterocycles. The number of carbonyl (C=O) groups is 2. The van der Waals surface area contributed by atoms with Gasteiger partial charge in [0.05, 0.1) is 28.7 Å². The van der Waals surface area contributed by atoms with Crippen LogP contribution in [0.3, 0.4) is 0 Å². The summed E-state index contributed by atoms with van der Waals surface area (Å²) in [4.78, 5) is 35.0. The van der Waals surface area contributed by atoms with Crippen LogP contribution in [0.15, 0.2) is 72.8 Å². The maximum absolute atomic E-state index is 12.6. The quantitative estimate of drug-likeness (QED) is 0.308. The number of anilines is 1. The molecule has 1 N–H and O–H groups in total. The van der Waals surface area contributed by atoms with Gasteiger partial charge in [0, 0.05) is 11.8 Å². The highest BCUT2D eigenvalue weighted by Gasteiger charge is 2.27. The molecule has 1 unspecified atom stereocenters. The normalized spacial score (nSPS) is 11.2. The summed E-state index contributed by atoms with van der Waals surface area (Å²) in [5, 5.41) is 23.3. The van der Waals surface area contributed by atoms with Crippen molar-refractivity contribution in [3.8, 4) is 6.07 Å². The molecule has 8 heteroatoms. The van der Waals surface area contributed by atoms with E-state index in [9.17, 15) is 25.0 Å². The Kier molecular flexibility index (Phi) is 7.50. The Hall–Kier alpha value is -4.51. The van der Waals surface area contributed by atoms with Gasteiger partial charge in [-0.3, -0.25) is 14.9 Å². The molecule has 8 nitrogen and oxygen atoms in total. The van der Waals surface area contributed by atoms with E-state index >= 15 is 0 Å². The van der Waals surface area contributed by atoms with E-state index in [-0.39, 0.29) is 17.2 Å². The monoisotopic (exact) mass is 443 g/mol. The molecule has 0 bridgehead atoms. The summed E-state index contributed by atoms with van der Waals surface area (Å²) in [6.07, 6.45) is 0.619. The van der Waals surface area contributed by atoms with Gasteiger partial charge in [0.25, 0.3) is 5.69 Å². The third-order valence-corrected chi connectivity index (χ3v) is 4.93. The molecule has 0 radical (unpaired) electrons. The van der Waals surface area contributed by atoms with Gasteiger partial charge in [-0.05, 0) is 48.7 Å². The van der Waals surface area contributed by atoms with Crippen molar-refractivity contribution in [3.63, 3.8) is 0 Å². The smallest absolute Gasteiger partial charge is 0.338 e. The molecule has 3 rings (SSSR count). The fourth-order valence-corrected chi connectivity index (χ4v) is 3.30. The maximum Gasteiger partial charge on any atom is 0.338 e. The number of amides is 1. The molecule has 1 atom stereocenters. The van der Waals surface area contributed by atoms with Gasteiger partial charge in [0.2, 0.25) is 5.91 Å². The molecule has 0 saturated heterocycles. The Morgan fingerprint density at radius 1 is 1.03 bits per heavy atom. The molecule has 0 aliphatic carbocycles. The van der Waals surface area contributed by atoms with Crippen LogP contribution >= 0.6 is 0 Å². The summed E-state index contributed by atoms with van der Waals surface area (Å²) >= 11 is 0. The number of benzene rings is 3. The van der Waals surface area contributed by atoms with Crippen LogP contribution in [0.2, 0.25) is 0 Å². The first-order valence-electron chi connectivity index (χ1n) is 10.2. The van der Waals surface area contributed by atoms with Gasteiger partial charge >= 0.3 is 5.97 Å². The van der Waals surface area contributed by atoms with Gasteiger partial charge in [-0.15, -0.1) is 0 Å². The third-order valence-electron chi connectivity index (χ3n) is 4.93. The zero-order chi connectivity index (χ0) is 23.8. The molecule has 0 aliphatic heterocycles. The van der Waals surface area contributed by atoms with Crippen molar-refractivity contribution in [3.05, 3.63) is 105 Å². The lowest BCUT2D eigenvalue weighted by Gasteiger charge is -2.11. The average Bonchev–Trinajstić information content (AvgIpc) is 2.81. The number of nitro benzene ring substituents is 1. The molecule has 3 aromatic rings. The predicted molar refractivity (Wildman–Crippen MR) is 122 cm³/mol. The zero-order valence-electron chi connectivity index (χ0n) is 17.9. The number of carbonyl (C=O) groups excluding carboxylic acids is 2. The minimum Gasteiger partial charge on any atom is -0.462 e.